The van der Waals surface area contributed by atoms with E-state index in [1.54, 1.807) is 0 Å². The van der Waals surface area contributed by atoms with E-state index >= 15 is 0 Å². The molecule has 0 aromatic carbocycles. The number of nitrogens with one attached hydrogen (secondary N) is 2. The van der Waals surface area contributed by atoms with Gasteiger partial charge < -0.3 is 15.4 Å². The fraction of sp³-hybridized carbons (Fsp3) is 0.917. The van der Waals surface area contributed by atoms with E-state index in [4.69, 9.17) is 4.74 Å². The van der Waals surface area contributed by atoms with Crippen molar-refractivity contribution >= 4 is 5.91 Å². The maximum absolute atomic E-state index is 11.6. The van der Waals surface area contributed by atoms with Gasteiger partial charge in [0, 0.05) is 6.04 Å². The highest BCUT2D eigenvalue weighted by atomic mass is 16.5. The van der Waals surface area contributed by atoms with E-state index in [9.17, 15) is 4.79 Å². The first-order valence-electron chi connectivity index (χ1n) is 6.33. The van der Waals surface area contributed by atoms with Gasteiger partial charge >= 0.3 is 0 Å². The largest absolute Gasteiger partial charge is 0.371 e. The lowest BCUT2D eigenvalue weighted by Crippen LogP contribution is -2.49. The molecule has 2 aliphatic rings. The van der Waals surface area contributed by atoms with Crippen LogP contribution in [-0.4, -0.2) is 38.3 Å². The minimum absolute atomic E-state index is 0.0411. The molecule has 1 aliphatic carbocycles. The molecule has 0 aromatic rings. The number of piperidine rings is 1. The minimum Gasteiger partial charge on any atom is -0.371 e. The molecular formula is C12H22N2O2. The van der Waals surface area contributed by atoms with Gasteiger partial charge in [-0.05, 0) is 44.2 Å². The molecule has 0 radical (unpaired) electrons. The summed E-state index contributed by atoms with van der Waals surface area (Å²) in [6.07, 6.45) is 3.56. The average molecular weight is 226 g/mol. The first-order valence-corrected chi connectivity index (χ1v) is 6.33. The van der Waals surface area contributed by atoms with Crippen molar-refractivity contribution < 1.29 is 9.53 Å². The highest BCUT2D eigenvalue weighted by Gasteiger charge is 2.24. The van der Waals surface area contributed by atoms with E-state index in [2.05, 4.69) is 17.6 Å². The van der Waals surface area contributed by atoms with Gasteiger partial charge in [0.15, 0.2) is 0 Å². The molecule has 16 heavy (non-hydrogen) atoms. The number of carbonyl (C=O) groups excluding carboxylic acids is 1. The molecule has 0 spiro atoms. The topological polar surface area (TPSA) is 50.4 Å². The maximum atomic E-state index is 11.6. The molecule has 1 saturated carbocycles. The standard InChI is InChI=1S/C12H22N2O2/c1-9-6-13-5-4-11(9)14-12(15)8-16-7-10-2-3-10/h9-11,13H,2-8H2,1H3,(H,14,15). The SMILES string of the molecule is CC1CNCCC1NC(=O)COCC1CC1. The third-order valence-electron chi connectivity index (χ3n) is 3.42. The molecule has 4 heteroatoms. The summed E-state index contributed by atoms with van der Waals surface area (Å²) in [6, 6.07) is 0.318. The van der Waals surface area contributed by atoms with Crippen LogP contribution in [0.5, 0.6) is 0 Å². The first-order chi connectivity index (χ1) is 7.75. The summed E-state index contributed by atoms with van der Waals surface area (Å²) in [7, 11) is 0. The molecule has 2 N–H and O–H groups in total. The van der Waals surface area contributed by atoms with E-state index in [1.807, 2.05) is 0 Å². The van der Waals surface area contributed by atoms with Crippen LogP contribution in [0.4, 0.5) is 0 Å². The van der Waals surface area contributed by atoms with Crippen molar-refractivity contribution in [3.8, 4) is 0 Å². The lowest BCUT2D eigenvalue weighted by Gasteiger charge is -2.30. The summed E-state index contributed by atoms with van der Waals surface area (Å²) >= 11 is 0. The van der Waals surface area contributed by atoms with Gasteiger partial charge in [0.2, 0.25) is 5.91 Å². The van der Waals surface area contributed by atoms with Gasteiger partial charge in [0.05, 0.1) is 6.61 Å². The third-order valence-corrected chi connectivity index (χ3v) is 3.42. The zero-order chi connectivity index (χ0) is 11.4. The zero-order valence-electron chi connectivity index (χ0n) is 10.00. The molecule has 1 saturated heterocycles. The highest BCUT2D eigenvalue weighted by Crippen LogP contribution is 2.28. The monoisotopic (exact) mass is 226 g/mol. The first kappa shape index (κ1) is 11.9. The van der Waals surface area contributed by atoms with Crippen molar-refractivity contribution in [3.63, 3.8) is 0 Å². The van der Waals surface area contributed by atoms with E-state index in [0.717, 1.165) is 32.0 Å². The Bertz CT molecular complexity index is 241. The van der Waals surface area contributed by atoms with Crippen molar-refractivity contribution in [1.29, 1.82) is 0 Å². The van der Waals surface area contributed by atoms with Gasteiger partial charge in [-0.1, -0.05) is 6.92 Å². The minimum atomic E-state index is 0.0411. The summed E-state index contributed by atoms with van der Waals surface area (Å²) in [5.74, 6) is 1.28. The average Bonchev–Trinajstić information content (AvgIpc) is 3.05. The van der Waals surface area contributed by atoms with Gasteiger partial charge in [-0.25, -0.2) is 0 Å². The fourth-order valence-electron chi connectivity index (χ4n) is 2.08. The fourth-order valence-corrected chi connectivity index (χ4v) is 2.08. The van der Waals surface area contributed by atoms with Crippen LogP contribution in [0.1, 0.15) is 26.2 Å². The molecular weight excluding hydrogens is 204 g/mol. The van der Waals surface area contributed by atoms with Gasteiger partial charge in [0.25, 0.3) is 0 Å². The second-order valence-electron chi connectivity index (χ2n) is 5.10. The molecule has 2 unspecified atom stereocenters. The van der Waals surface area contributed by atoms with Gasteiger partial charge in [-0.2, -0.15) is 0 Å². The molecule has 1 heterocycles. The maximum Gasteiger partial charge on any atom is 0.246 e. The van der Waals surface area contributed by atoms with Crippen molar-refractivity contribution in [2.24, 2.45) is 11.8 Å². The predicted octanol–water partition coefficient (Wildman–Crippen LogP) is 0.527. The molecule has 1 aliphatic heterocycles. The van der Waals surface area contributed by atoms with Gasteiger partial charge in [-0.15, -0.1) is 0 Å². The molecule has 1 amide bonds. The Balaban J connectivity index is 1.60. The molecule has 92 valence electrons. The quantitative estimate of drug-likeness (QED) is 0.719. The van der Waals surface area contributed by atoms with E-state index in [-0.39, 0.29) is 12.5 Å². The van der Waals surface area contributed by atoms with E-state index < -0.39 is 0 Å². The van der Waals surface area contributed by atoms with Crippen LogP contribution in [0.25, 0.3) is 0 Å². The number of carbonyl (C=O) groups is 1. The normalized spacial score (nSPS) is 30.1. The molecule has 0 bridgehead atoms. The smallest absolute Gasteiger partial charge is 0.246 e. The Labute approximate surface area is 97.1 Å². The Morgan fingerprint density at radius 3 is 2.94 bits per heavy atom. The summed E-state index contributed by atoms with van der Waals surface area (Å²) in [4.78, 5) is 11.6. The molecule has 2 rings (SSSR count). The van der Waals surface area contributed by atoms with Crippen LogP contribution < -0.4 is 10.6 Å². The van der Waals surface area contributed by atoms with E-state index in [0.29, 0.717) is 12.0 Å². The summed E-state index contributed by atoms with van der Waals surface area (Å²) in [6.45, 7) is 5.15. The number of hydrogen-bond acceptors (Lipinski definition) is 3. The van der Waals surface area contributed by atoms with E-state index in [1.165, 1.54) is 12.8 Å². The van der Waals surface area contributed by atoms with Crippen molar-refractivity contribution in [2.75, 3.05) is 26.3 Å². The van der Waals surface area contributed by atoms with Crippen LogP contribution >= 0.6 is 0 Å². The Hall–Kier alpha value is -0.610. The Morgan fingerprint density at radius 1 is 1.44 bits per heavy atom. The van der Waals surface area contributed by atoms with Crippen molar-refractivity contribution in [2.45, 2.75) is 32.2 Å². The second kappa shape index (κ2) is 5.64. The molecule has 4 nitrogen and oxygen atoms in total. The van der Waals surface area contributed by atoms with Crippen LogP contribution in [0, 0.1) is 11.8 Å². The predicted molar refractivity (Wildman–Crippen MR) is 62.1 cm³/mol. The van der Waals surface area contributed by atoms with Crippen LogP contribution in [0.3, 0.4) is 0 Å². The number of ether oxygens (including phenoxy) is 1. The molecule has 2 fully saturated rings. The summed E-state index contributed by atoms with van der Waals surface area (Å²) < 4.78 is 5.37. The zero-order valence-corrected chi connectivity index (χ0v) is 10.00. The van der Waals surface area contributed by atoms with Crippen LogP contribution in [-0.2, 0) is 9.53 Å². The van der Waals surface area contributed by atoms with Gasteiger partial charge in [-0.3, -0.25) is 4.79 Å². The third kappa shape index (κ3) is 3.76. The lowest BCUT2D eigenvalue weighted by atomic mass is 9.95. The summed E-state index contributed by atoms with van der Waals surface area (Å²) in [5.41, 5.74) is 0. The summed E-state index contributed by atoms with van der Waals surface area (Å²) in [5, 5.41) is 6.38. The molecule has 0 aromatic heterocycles. The lowest BCUT2D eigenvalue weighted by molar-refractivity contribution is -0.127. The Kier molecular flexibility index (Phi) is 4.18. The van der Waals surface area contributed by atoms with Gasteiger partial charge in [0.1, 0.15) is 6.61 Å². The molecule has 2 atom stereocenters. The van der Waals surface area contributed by atoms with Crippen LogP contribution in [0.15, 0.2) is 0 Å². The number of rotatable bonds is 5. The van der Waals surface area contributed by atoms with Crippen LogP contribution in [0.2, 0.25) is 0 Å². The Morgan fingerprint density at radius 2 is 2.25 bits per heavy atom. The van der Waals surface area contributed by atoms with Crippen molar-refractivity contribution in [1.82, 2.24) is 10.6 Å². The second-order valence-corrected chi connectivity index (χ2v) is 5.10. The van der Waals surface area contributed by atoms with Crippen molar-refractivity contribution in [3.05, 3.63) is 0 Å². The number of hydrogen-bond donors (Lipinski definition) is 2. The highest BCUT2D eigenvalue weighted by molar-refractivity contribution is 5.77. The number of amides is 1.